The minimum absolute atomic E-state index is 0.787. The number of hydrogen-bond donors (Lipinski definition) is 0. The van der Waals surface area contributed by atoms with Crippen molar-refractivity contribution in [3.05, 3.63) is 60.1 Å². The van der Waals surface area contributed by atoms with Crippen LogP contribution in [0.5, 0.6) is 0 Å². The molecule has 0 saturated carbocycles. The van der Waals surface area contributed by atoms with Crippen molar-refractivity contribution in [3.8, 4) is 0 Å². The molecule has 0 aliphatic heterocycles. The van der Waals surface area contributed by atoms with Gasteiger partial charge in [0, 0.05) is 58.3 Å². The molecule has 0 N–H and O–H groups in total. The van der Waals surface area contributed by atoms with E-state index in [-0.39, 0.29) is 0 Å². The molecule has 6 nitrogen and oxygen atoms in total. The van der Waals surface area contributed by atoms with Gasteiger partial charge < -0.3 is 4.57 Å². The Labute approximate surface area is 124 Å². The second-order valence-corrected chi connectivity index (χ2v) is 5.31. The van der Waals surface area contributed by atoms with E-state index in [0.29, 0.717) is 0 Å². The van der Waals surface area contributed by atoms with Gasteiger partial charge in [0.15, 0.2) is 0 Å². The maximum Gasteiger partial charge on any atom is 0.109 e. The number of nitrogens with zero attached hydrogens (tertiary/aromatic N) is 6. The van der Waals surface area contributed by atoms with Crippen LogP contribution < -0.4 is 0 Å². The lowest BCUT2D eigenvalue weighted by Crippen LogP contribution is -2.12. The van der Waals surface area contributed by atoms with Crippen LogP contribution in [0.15, 0.2) is 37.1 Å². The highest BCUT2D eigenvalue weighted by atomic mass is 15.3. The van der Waals surface area contributed by atoms with E-state index in [1.807, 2.05) is 66.1 Å². The molecule has 0 spiro atoms. The highest BCUT2D eigenvalue weighted by Gasteiger charge is 2.19. The Hall–Kier alpha value is -2.37. The van der Waals surface area contributed by atoms with E-state index in [1.54, 1.807) is 0 Å². The Kier molecular flexibility index (Phi) is 3.60. The van der Waals surface area contributed by atoms with E-state index in [0.717, 1.165) is 24.4 Å². The number of rotatable bonds is 5. The summed E-state index contributed by atoms with van der Waals surface area (Å²) in [5, 5.41) is 8.78. The van der Waals surface area contributed by atoms with E-state index < -0.39 is 0 Å². The summed E-state index contributed by atoms with van der Waals surface area (Å²) in [6, 6.07) is 2.05. The van der Waals surface area contributed by atoms with Crippen molar-refractivity contribution in [3.63, 3.8) is 0 Å². The molecule has 0 amide bonds. The molecule has 21 heavy (non-hydrogen) atoms. The molecule has 3 aromatic heterocycles. The van der Waals surface area contributed by atoms with Gasteiger partial charge in [0.25, 0.3) is 0 Å². The quantitative estimate of drug-likeness (QED) is 0.709. The molecule has 0 bridgehead atoms. The maximum absolute atomic E-state index is 4.54. The molecule has 0 fully saturated rings. The molecule has 109 valence electrons. The van der Waals surface area contributed by atoms with Crippen LogP contribution in [0.2, 0.25) is 0 Å². The molecule has 0 aliphatic carbocycles. The number of imidazole rings is 1. The van der Waals surface area contributed by atoms with Crippen LogP contribution in [0.4, 0.5) is 0 Å². The number of aryl methyl sites for hydroxylation is 3. The highest BCUT2D eigenvalue weighted by Crippen LogP contribution is 2.22. The zero-order chi connectivity index (χ0) is 14.8. The average Bonchev–Trinajstić information content (AvgIpc) is 3.13. The summed E-state index contributed by atoms with van der Waals surface area (Å²) in [6.45, 7) is 0. The van der Waals surface area contributed by atoms with Gasteiger partial charge in [0.1, 0.15) is 5.82 Å². The third kappa shape index (κ3) is 3.04. The fourth-order valence-corrected chi connectivity index (χ4v) is 2.41. The van der Waals surface area contributed by atoms with Crippen LogP contribution >= 0.6 is 0 Å². The fraction of sp³-hybridized carbons (Fsp3) is 0.333. The Bertz CT molecular complexity index is 720. The zero-order valence-electron chi connectivity index (χ0n) is 12.6. The van der Waals surface area contributed by atoms with E-state index >= 15 is 0 Å². The zero-order valence-corrected chi connectivity index (χ0v) is 12.6. The first kappa shape index (κ1) is 13.6. The predicted molar refractivity (Wildman–Crippen MR) is 79.4 cm³/mol. The van der Waals surface area contributed by atoms with Crippen LogP contribution in [0.3, 0.4) is 0 Å². The topological polar surface area (TPSA) is 53.5 Å². The van der Waals surface area contributed by atoms with Gasteiger partial charge in [-0.15, -0.1) is 0 Å². The summed E-state index contributed by atoms with van der Waals surface area (Å²) in [7, 11) is 5.89. The number of hydrogen-bond acceptors (Lipinski definition) is 3. The SMILES string of the molecule is Cn1cc(C[C](Cc2nccn2C)c2ccn(C)n2)cn1. The lowest BCUT2D eigenvalue weighted by Gasteiger charge is -2.13. The van der Waals surface area contributed by atoms with Crippen LogP contribution in [0, 0.1) is 5.92 Å². The van der Waals surface area contributed by atoms with Gasteiger partial charge in [-0.3, -0.25) is 9.36 Å². The van der Waals surface area contributed by atoms with Crippen LogP contribution in [0.1, 0.15) is 17.1 Å². The van der Waals surface area contributed by atoms with Crippen molar-refractivity contribution in [1.82, 2.24) is 29.1 Å². The first-order valence-corrected chi connectivity index (χ1v) is 6.90. The fourth-order valence-electron chi connectivity index (χ4n) is 2.41. The normalized spacial score (nSPS) is 11.4. The third-order valence-electron chi connectivity index (χ3n) is 3.54. The Morgan fingerprint density at radius 1 is 1.10 bits per heavy atom. The second kappa shape index (κ2) is 5.55. The van der Waals surface area contributed by atoms with Gasteiger partial charge in [-0.1, -0.05) is 0 Å². The van der Waals surface area contributed by atoms with Gasteiger partial charge >= 0.3 is 0 Å². The minimum atomic E-state index is 0.787. The number of aromatic nitrogens is 6. The third-order valence-corrected chi connectivity index (χ3v) is 3.54. The van der Waals surface area contributed by atoms with E-state index in [4.69, 9.17) is 0 Å². The molecule has 0 aliphatic rings. The van der Waals surface area contributed by atoms with E-state index in [2.05, 4.69) is 21.2 Å². The van der Waals surface area contributed by atoms with Gasteiger partial charge in [0.2, 0.25) is 0 Å². The van der Waals surface area contributed by atoms with Crippen molar-refractivity contribution in [2.45, 2.75) is 12.8 Å². The molecule has 1 radical (unpaired) electrons. The second-order valence-electron chi connectivity index (χ2n) is 5.31. The average molecular weight is 283 g/mol. The van der Waals surface area contributed by atoms with Crippen LogP contribution in [-0.2, 0) is 34.0 Å². The van der Waals surface area contributed by atoms with E-state index in [1.165, 1.54) is 11.5 Å². The van der Waals surface area contributed by atoms with Crippen LogP contribution in [-0.4, -0.2) is 29.1 Å². The molecular formula is C15H19N6. The van der Waals surface area contributed by atoms with Gasteiger partial charge in [-0.25, -0.2) is 4.98 Å². The molecular weight excluding hydrogens is 264 g/mol. The summed E-state index contributed by atoms with van der Waals surface area (Å²) in [6.07, 6.45) is 11.3. The summed E-state index contributed by atoms with van der Waals surface area (Å²) < 4.78 is 5.70. The van der Waals surface area contributed by atoms with Gasteiger partial charge in [0.05, 0.1) is 11.9 Å². The smallest absolute Gasteiger partial charge is 0.109 e. The lowest BCUT2D eigenvalue weighted by atomic mass is 9.94. The Balaban J connectivity index is 1.85. The van der Waals surface area contributed by atoms with Crippen molar-refractivity contribution < 1.29 is 0 Å². The van der Waals surface area contributed by atoms with Gasteiger partial charge in [-0.2, -0.15) is 10.2 Å². The van der Waals surface area contributed by atoms with Crippen LogP contribution in [0.25, 0.3) is 0 Å². The highest BCUT2D eigenvalue weighted by molar-refractivity contribution is 5.29. The molecule has 3 rings (SSSR count). The Morgan fingerprint density at radius 2 is 1.95 bits per heavy atom. The molecule has 0 aromatic carbocycles. The summed E-state index contributed by atoms with van der Waals surface area (Å²) in [5.74, 6) is 2.29. The Morgan fingerprint density at radius 3 is 2.52 bits per heavy atom. The first-order valence-electron chi connectivity index (χ1n) is 6.90. The van der Waals surface area contributed by atoms with E-state index in [9.17, 15) is 0 Å². The maximum atomic E-state index is 4.54. The molecule has 6 heteroatoms. The van der Waals surface area contributed by atoms with Gasteiger partial charge in [-0.05, 0) is 18.1 Å². The summed E-state index contributed by atoms with van der Waals surface area (Å²) in [5.41, 5.74) is 2.21. The molecule has 0 atom stereocenters. The predicted octanol–water partition coefficient (Wildman–Crippen LogP) is 1.30. The largest absolute Gasteiger partial charge is 0.338 e. The molecule has 3 aromatic rings. The van der Waals surface area contributed by atoms with Crippen molar-refractivity contribution >= 4 is 0 Å². The van der Waals surface area contributed by atoms with Crippen molar-refractivity contribution in [2.75, 3.05) is 0 Å². The van der Waals surface area contributed by atoms with Crippen molar-refractivity contribution in [2.24, 2.45) is 21.1 Å². The molecule has 0 saturated heterocycles. The lowest BCUT2D eigenvalue weighted by molar-refractivity contribution is 0.716. The summed E-state index contributed by atoms with van der Waals surface area (Å²) >= 11 is 0. The molecule has 0 unspecified atom stereocenters. The first-order chi connectivity index (χ1) is 10.1. The minimum Gasteiger partial charge on any atom is -0.338 e. The van der Waals surface area contributed by atoms with Crippen molar-refractivity contribution in [1.29, 1.82) is 0 Å². The molecule has 3 heterocycles. The summed E-state index contributed by atoms with van der Waals surface area (Å²) in [4.78, 5) is 4.42. The monoisotopic (exact) mass is 283 g/mol. The standard InChI is InChI=1S/C15H19N6/c1-19-7-5-16-15(19)9-13(14-4-6-20(2)18-14)8-12-10-17-21(3)11-12/h4-7,10-11H,8-9H2,1-3H3.